The number of fused-ring (bicyclic) bond motifs is 2. The van der Waals surface area contributed by atoms with Gasteiger partial charge in [-0.15, -0.1) is 0 Å². The zero-order valence-corrected chi connectivity index (χ0v) is 9.04. The second-order valence-corrected chi connectivity index (χ2v) is 4.55. The van der Waals surface area contributed by atoms with Gasteiger partial charge in [-0.25, -0.2) is 0 Å². The number of aromatic nitrogens is 2. The van der Waals surface area contributed by atoms with Crippen molar-refractivity contribution >= 4 is 0 Å². The standard InChI is InChI=1S/C11H16N4O/c12-15-11(9-6-13-3-4-14-9)8-5-7-1-2-10(8)16-7/h3-4,6-8,10-11,15H,1-2,5,12H2. The first-order chi connectivity index (χ1) is 7.88. The molecule has 1 aromatic heterocycles. The van der Waals surface area contributed by atoms with E-state index >= 15 is 0 Å². The van der Waals surface area contributed by atoms with Gasteiger partial charge in [-0.05, 0) is 19.3 Å². The third kappa shape index (κ3) is 1.61. The lowest BCUT2D eigenvalue weighted by Gasteiger charge is -2.27. The SMILES string of the molecule is NNC(c1cnccn1)C1CC2CCC1O2. The van der Waals surface area contributed by atoms with E-state index in [-0.39, 0.29) is 6.04 Å². The number of hydrogen-bond donors (Lipinski definition) is 2. The van der Waals surface area contributed by atoms with Crippen LogP contribution in [-0.2, 0) is 4.74 Å². The Bertz CT molecular complexity index is 358. The van der Waals surface area contributed by atoms with Crippen LogP contribution in [0.5, 0.6) is 0 Å². The summed E-state index contributed by atoms with van der Waals surface area (Å²) in [5.74, 6) is 6.07. The molecule has 2 bridgehead atoms. The number of hydrogen-bond acceptors (Lipinski definition) is 5. The summed E-state index contributed by atoms with van der Waals surface area (Å²) >= 11 is 0. The van der Waals surface area contributed by atoms with Crippen molar-refractivity contribution in [3.8, 4) is 0 Å². The summed E-state index contributed by atoms with van der Waals surface area (Å²) in [6.07, 6.45) is 9.34. The zero-order chi connectivity index (χ0) is 11.0. The first-order valence-corrected chi connectivity index (χ1v) is 5.76. The van der Waals surface area contributed by atoms with Crippen molar-refractivity contribution in [2.75, 3.05) is 0 Å². The lowest BCUT2D eigenvalue weighted by atomic mass is 9.83. The van der Waals surface area contributed by atoms with Gasteiger partial charge >= 0.3 is 0 Å². The maximum atomic E-state index is 5.85. The second kappa shape index (κ2) is 4.08. The van der Waals surface area contributed by atoms with Crippen molar-refractivity contribution in [2.45, 2.75) is 37.5 Å². The average Bonchev–Trinajstić information content (AvgIpc) is 2.94. The number of nitrogens with zero attached hydrogens (tertiary/aromatic N) is 2. The Morgan fingerprint density at radius 2 is 2.38 bits per heavy atom. The van der Waals surface area contributed by atoms with Crippen molar-refractivity contribution in [1.29, 1.82) is 0 Å². The van der Waals surface area contributed by atoms with Crippen molar-refractivity contribution in [3.05, 3.63) is 24.3 Å². The van der Waals surface area contributed by atoms with Crippen LogP contribution >= 0.6 is 0 Å². The minimum absolute atomic E-state index is 0.0593. The second-order valence-electron chi connectivity index (χ2n) is 4.55. The minimum Gasteiger partial charge on any atom is -0.375 e. The minimum atomic E-state index is 0.0593. The number of rotatable bonds is 3. The molecular weight excluding hydrogens is 204 g/mol. The summed E-state index contributed by atoms with van der Waals surface area (Å²) in [7, 11) is 0. The summed E-state index contributed by atoms with van der Waals surface area (Å²) in [5.41, 5.74) is 3.77. The molecule has 3 heterocycles. The van der Waals surface area contributed by atoms with Gasteiger partial charge in [0.15, 0.2) is 0 Å². The molecule has 0 aromatic carbocycles. The molecule has 2 fully saturated rings. The van der Waals surface area contributed by atoms with Gasteiger partial charge in [0.05, 0.1) is 30.1 Å². The van der Waals surface area contributed by atoms with Gasteiger partial charge in [-0.1, -0.05) is 0 Å². The summed E-state index contributed by atoms with van der Waals surface area (Å²) in [5, 5.41) is 0. The molecule has 5 heteroatoms. The number of ether oxygens (including phenoxy) is 1. The predicted octanol–water partition coefficient (Wildman–Crippen LogP) is 0.548. The Hall–Kier alpha value is -1.04. The molecule has 3 N–H and O–H groups in total. The lowest BCUT2D eigenvalue weighted by molar-refractivity contribution is 0.0853. The summed E-state index contributed by atoms with van der Waals surface area (Å²) < 4.78 is 5.85. The molecule has 0 saturated carbocycles. The van der Waals surface area contributed by atoms with E-state index < -0.39 is 0 Å². The Morgan fingerprint density at radius 3 is 2.94 bits per heavy atom. The van der Waals surface area contributed by atoms with E-state index in [2.05, 4.69) is 15.4 Å². The van der Waals surface area contributed by atoms with Crippen LogP contribution in [0.25, 0.3) is 0 Å². The van der Waals surface area contributed by atoms with E-state index in [0.29, 0.717) is 18.1 Å². The fourth-order valence-electron chi connectivity index (χ4n) is 2.93. The van der Waals surface area contributed by atoms with Gasteiger partial charge in [0.1, 0.15) is 0 Å². The van der Waals surface area contributed by atoms with Gasteiger partial charge in [-0.2, -0.15) is 0 Å². The van der Waals surface area contributed by atoms with Crippen molar-refractivity contribution in [1.82, 2.24) is 15.4 Å². The molecular formula is C11H16N4O. The molecule has 0 spiro atoms. The van der Waals surface area contributed by atoms with E-state index in [1.807, 2.05) is 0 Å². The fourth-order valence-corrected chi connectivity index (χ4v) is 2.93. The predicted molar refractivity (Wildman–Crippen MR) is 58.1 cm³/mol. The highest BCUT2D eigenvalue weighted by Crippen LogP contribution is 2.43. The maximum absolute atomic E-state index is 5.85. The summed E-state index contributed by atoms with van der Waals surface area (Å²) in [4.78, 5) is 8.41. The van der Waals surface area contributed by atoms with Gasteiger partial charge in [0, 0.05) is 18.3 Å². The van der Waals surface area contributed by atoms with E-state index in [1.165, 1.54) is 6.42 Å². The van der Waals surface area contributed by atoms with Crippen LogP contribution in [-0.4, -0.2) is 22.2 Å². The van der Waals surface area contributed by atoms with Crippen molar-refractivity contribution in [2.24, 2.45) is 11.8 Å². The van der Waals surface area contributed by atoms with E-state index in [1.54, 1.807) is 18.6 Å². The van der Waals surface area contributed by atoms with Crippen molar-refractivity contribution in [3.63, 3.8) is 0 Å². The molecule has 0 radical (unpaired) electrons. The van der Waals surface area contributed by atoms with Gasteiger partial charge in [0.2, 0.25) is 0 Å². The van der Waals surface area contributed by atoms with Crippen LogP contribution in [0.3, 0.4) is 0 Å². The quantitative estimate of drug-likeness (QED) is 0.575. The van der Waals surface area contributed by atoms with Crippen LogP contribution < -0.4 is 11.3 Å². The Labute approximate surface area is 94.4 Å². The Morgan fingerprint density at radius 1 is 1.44 bits per heavy atom. The first kappa shape index (κ1) is 10.1. The smallest absolute Gasteiger partial charge is 0.0773 e. The third-order valence-electron chi connectivity index (χ3n) is 3.66. The molecule has 4 unspecified atom stereocenters. The molecule has 5 nitrogen and oxygen atoms in total. The Balaban J connectivity index is 1.81. The summed E-state index contributed by atoms with van der Waals surface area (Å²) in [6.45, 7) is 0. The molecule has 0 aliphatic carbocycles. The zero-order valence-electron chi connectivity index (χ0n) is 9.04. The number of nitrogens with one attached hydrogen (secondary N) is 1. The largest absolute Gasteiger partial charge is 0.375 e. The molecule has 2 saturated heterocycles. The van der Waals surface area contributed by atoms with Gasteiger partial charge in [-0.3, -0.25) is 21.2 Å². The van der Waals surface area contributed by atoms with Crippen LogP contribution in [0, 0.1) is 5.92 Å². The average molecular weight is 220 g/mol. The number of nitrogens with two attached hydrogens (primary N) is 1. The lowest BCUT2D eigenvalue weighted by Crippen LogP contribution is -2.38. The molecule has 86 valence electrons. The van der Waals surface area contributed by atoms with Crippen molar-refractivity contribution < 1.29 is 4.74 Å². The van der Waals surface area contributed by atoms with Crippen LogP contribution in [0.15, 0.2) is 18.6 Å². The molecule has 3 rings (SSSR count). The molecule has 4 atom stereocenters. The molecule has 2 aliphatic rings. The molecule has 16 heavy (non-hydrogen) atoms. The van der Waals surface area contributed by atoms with Crippen LogP contribution in [0.4, 0.5) is 0 Å². The maximum Gasteiger partial charge on any atom is 0.0773 e. The van der Waals surface area contributed by atoms with E-state index in [9.17, 15) is 0 Å². The van der Waals surface area contributed by atoms with E-state index in [0.717, 1.165) is 18.5 Å². The molecule has 1 aromatic rings. The Kier molecular flexibility index (Phi) is 2.59. The first-order valence-electron chi connectivity index (χ1n) is 5.76. The monoisotopic (exact) mass is 220 g/mol. The topological polar surface area (TPSA) is 73.1 Å². The third-order valence-corrected chi connectivity index (χ3v) is 3.66. The van der Waals surface area contributed by atoms with Crippen LogP contribution in [0.1, 0.15) is 31.0 Å². The van der Waals surface area contributed by atoms with Gasteiger partial charge in [0.25, 0.3) is 0 Å². The van der Waals surface area contributed by atoms with Gasteiger partial charge < -0.3 is 4.74 Å². The number of hydrazine groups is 1. The highest BCUT2D eigenvalue weighted by atomic mass is 16.5. The van der Waals surface area contributed by atoms with E-state index in [4.69, 9.17) is 10.6 Å². The summed E-state index contributed by atoms with van der Waals surface area (Å²) in [6, 6.07) is 0.0593. The highest BCUT2D eigenvalue weighted by Gasteiger charge is 2.44. The molecule has 0 amide bonds. The fraction of sp³-hybridized carbons (Fsp3) is 0.636. The van der Waals surface area contributed by atoms with Crippen LogP contribution in [0.2, 0.25) is 0 Å². The molecule has 2 aliphatic heterocycles. The highest BCUT2D eigenvalue weighted by molar-refractivity contribution is 5.08. The normalized spacial score (nSPS) is 34.2.